The second-order valence-corrected chi connectivity index (χ2v) is 7.37. The van der Waals surface area contributed by atoms with Crippen molar-refractivity contribution in [3.05, 3.63) is 9.93 Å². The maximum atomic E-state index is 12.0. The molecule has 0 bridgehead atoms. The number of carbonyl (C=O) groups is 2. The number of thioether (sulfide) groups is 1. The minimum atomic E-state index is -1.40. The van der Waals surface area contributed by atoms with Gasteiger partial charge in [-0.25, -0.2) is 4.79 Å². The summed E-state index contributed by atoms with van der Waals surface area (Å²) in [5.41, 5.74) is -0.177. The van der Waals surface area contributed by atoms with E-state index in [9.17, 15) is 24.0 Å². The molecule has 0 aromatic heterocycles. The number of carboxylic acid groups (broad SMARTS) is 1. The first kappa shape index (κ1) is 14.5. The summed E-state index contributed by atoms with van der Waals surface area (Å²) in [5, 5.41) is 18.3. The number of carboxylic acids is 1. The van der Waals surface area contributed by atoms with Crippen molar-refractivity contribution in [1.82, 2.24) is 4.90 Å². The van der Waals surface area contributed by atoms with Crippen molar-refractivity contribution in [1.29, 1.82) is 0 Å². The lowest BCUT2D eigenvalue weighted by Gasteiger charge is -2.43. The Morgan fingerprint density at radius 3 is 2.68 bits per heavy atom. The summed E-state index contributed by atoms with van der Waals surface area (Å²) in [6.45, 7) is 3.36. The van der Waals surface area contributed by atoms with Gasteiger partial charge in [0.15, 0.2) is 5.70 Å². The van der Waals surface area contributed by atoms with Crippen LogP contribution >= 0.6 is 11.8 Å². The van der Waals surface area contributed by atoms with Gasteiger partial charge in [-0.1, -0.05) is 18.7 Å². The van der Waals surface area contributed by atoms with Crippen LogP contribution in [0.1, 0.15) is 20.3 Å². The van der Waals surface area contributed by atoms with Gasteiger partial charge in [-0.2, -0.15) is 0 Å². The van der Waals surface area contributed by atoms with Gasteiger partial charge < -0.3 is 10.2 Å². The highest BCUT2D eigenvalue weighted by molar-refractivity contribution is 8.17. The third kappa shape index (κ3) is 2.21. The predicted molar refractivity (Wildman–Crippen MR) is 71.4 cm³/mol. The zero-order valence-corrected chi connectivity index (χ0v) is 12.2. The first-order chi connectivity index (χ1) is 8.90. The number of fused-ring (bicyclic) bond motifs is 1. The Morgan fingerprint density at radius 2 is 2.21 bits per heavy atom. The highest BCUT2D eigenvalue weighted by Crippen LogP contribution is 2.51. The van der Waals surface area contributed by atoms with Gasteiger partial charge in [0, 0.05) is 5.75 Å². The number of rotatable bonds is 5. The number of carbonyl (C=O) groups excluding carboxylic acids is 1. The number of hydrogen-bond acceptors (Lipinski definition) is 5. The second-order valence-electron chi connectivity index (χ2n) is 4.47. The van der Waals surface area contributed by atoms with Crippen molar-refractivity contribution in [3.8, 4) is 0 Å². The summed E-state index contributed by atoms with van der Waals surface area (Å²) in [6, 6.07) is 0. The SMILES string of the molecule is CCC[S@](=O)C1=C(C(=O)O)N2C(=O)[C@@H](C(C)O)C2S1. The summed E-state index contributed by atoms with van der Waals surface area (Å²) in [4.78, 5) is 24.3. The molecule has 0 aromatic carbocycles. The van der Waals surface area contributed by atoms with Crippen LogP contribution in [0.4, 0.5) is 0 Å². The van der Waals surface area contributed by atoms with Crippen LogP contribution in [0.5, 0.6) is 0 Å². The largest absolute Gasteiger partial charge is 0.477 e. The molecule has 0 spiro atoms. The van der Waals surface area contributed by atoms with Crippen molar-refractivity contribution in [2.45, 2.75) is 31.7 Å². The molecule has 0 aromatic rings. The number of aliphatic hydroxyl groups excluding tert-OH is 1. The molecule has 2 rings (SSSR count). The number of nitrogens with zero attached hydrogens (tertiary/aromatic N) is 1. The van der Waals surface area contributed by atoms with E-state index in [2.05, 4.69) is 0 Å². The molecular weight excluding hydrogens is 290 g/mol. The van der Waals surface area contributed by atoms with Gasteiger partial charge in [-0.05, 0) is 13.3 Å². The van der Waals surface area contributed by atoms with Crippen LogP contribution in [0.2, 0.25) is 0 Å². The van der Waals surface area contributed by atoms with Crippen LogP contribution in [0.3, 0.4) is 0 Å². The molecule has 4 atom stereocenters. The van der Waals surface area contributed by atoms with E-state index in [1.54, 1.807) is 0 Å². The molecule has 0 saturated carbocycles. The summed E-state index contributed by atoms with van der Waals surface area (Å²) in [6.07, 6.45) is -0.169. The van der Waals surface area contributed by atoms with Gasteiger partial charge in [-0.15, -0.1) is 0 Å². The monoisotopic (exact) mass is 305 g/mol. The minimum Gasteiger partial charge on any atom is -0.477 e. The van der Waals surface area contributed by atoms with E-state index in [-0.39, 0.29) is 9.93 Å². The summed E-state index contributed by atoms with van der Waals surface area (Å²) < 4.78 is 12.3. The molecule has 19 heavy (non-hydrogen) atoms. The van der Waals surface area contributed by atoms with Crippen LogP contribution in [0.25, 0.3) is 0 Å². The lowest BCUT2D eigenvalue weighted by molar-refractivity contribution is -0.156. The van der Waals surface area contributed by atoms with E-state index >= 15 is 0 Å². The summed E-state index contributed by atoms with van der Waals surface area (Å²) in [7, 11) is -1.40. The highest BCUT2D eigenvalue weighted by atomic mass is 32.2. The van der Waals surface area contributed by atoms with E-state index in [4.69, 9.17) is 0 Å². The fourth-order valence-electron chi connectivity index (χ4n) is 2.19. The van der Waals surface area contributed by atoms with Crippen LogP contribution in [0, 0.1) is 5.92 Å². The number of aliphatic carboxylic acids is 1. The Kier molecular flexibility index (Phi) is 4.03. The van der Waals surface area contributed by atoms with Crippen molar-refractivity contribution >= 4 is 34.4 Å². The van der Waals surface area contributed by atoms with Crippen LogP contribution in [0.15, 0.2) is 9.93 Å². The first-order valence-corrected chi connectivity index (χ1v) is 8.13. The third-order valence-electron chi connectivity index (χ3n) is 3.06. The number of hydrogen-bond donors (Lipinski definition) is 2. The summed E-state index contributed by atoms with van der Waals surface area (Å²) in [5.74, 6) is -1.90. The Morgan fingerprint density at radius 1 is 1.58 bits per heavy atom. The maximum Gasteiger partial charge on any atom is 0.354 e. The molecule has 2 unspecified atom stereocenters. The normalized spacial score (nSPS) is 29.0. The minimum absolute atomic E-state index is 0.177. The zero-order chi connectivity index (χ0) is 14.3. The molecule has 2 heterocycles. The molecule has 8 heteroatoms. The Balaban J connectivity index is 2.32. The van der Waals surface area contributed by atoms with Gasteiger partial charge in [-0.3, -0.25) is 13.9 Å². The van der Waals surface area contributed by atoms with Gasteiger partial charge in [0.2, 0.25) is 5.91 Å². The van der Waals surface area contributed by atoms with Gasteiger partial charge in [0.25, 0.3) is 0 Å². The molecule has 0 radical (unpaired) electrons. The first-order valence-electron chi connectivity index (χ1n) is 5.93. The average Bonchev–Trinajstić information content (AvgIpc) is 2.64. The predicted octanol–water partition coefficient (Wildman–Crippen LogP) is 0.311. The molecule has 2 aliphatic heterocycles. The lowest BCUT2D eigenvalue weighted by atomic mass is 9.92. The fourth-order valence-corrected chi connectivity index (χ4v) is 5.44. The Labute approximate surface area is 117 Å². The maximum absolute atomic E-state index is 12.0. The molecular formula is C11H15NO5S2. The van der Waals surface area contributed by atoms with E-state index in [0.29, 0.717) is 12.2 Å². The number of aliphatic hydroxyl groups is 1. The topological polar surface area (TPSA) is 94.9 Å². The molecule has 1 amide bonds. The van der Waals surface area contributed by atoms with E-state index in [0.717, 1.165) is 16.7 Å². The Bertz CT molecular complexity index is 487. The van der Waals surface area contributed by atoms with E-state index in [1.807, 2.05) is 6.92 Å². The van der Waals surface area contributed by atoms with E-state index < -0.39 is 40.1 Å². The van der Waals surface area contributed by atoms with Crippen molar-refractivity contribution in [2.75, 3.05) is 5.75 Å². The lowest BCUT2D eigenvalue weighted by Crippen LogP contribution is -2.60. The molecule has 0 aliphatic carbocycles. The standard InChI is InChI=1S/C11H15NO5S2/c1-3-4-19(17)11-7(10(15)16)12-8(14)6(5(2)13)9(12)18-11/h5-6,9,13H,3-4H2,1-2H3,(H,15,16)/t5?,6-,9?,19+/m1/s1. The molecule has 2 aliphatic rings. The summed E-state index contributed by atoms with van der Waals surface area (Å²) >= 11 is 1.13. The van der Waals surface area contributed by atoms with Crippen molar-refractivity contribution < 1.29 is 24.0 Å². The van der Waals surface area contributed by atoms with Gasteiger partial charge >= 0.3 is 5.97 Å². The number of amides is 1. The van der Waals surface area contributed by atoms with Crippen LogP contribution in [-0.4, -0.2) is 48.4 Å². The quantitative estimate of drug-likeness (QED) is 0.710. The third-order valence-corrected chi connectivity index (χ3v) is 6.45. The van der Waals surface area contributed by atoms with Crippen LogP contribution in [-0.2, 0) is 20.4 Å². The zero-order valence-electron chi connectivity index (χ0n) is 10.5. The Hall–Kier alpha value is -0.860. The molecule has 6 nitrogen and oxygen atoms in total. The van der Waals surface area contributed by atoms with Crippen LogP contribution < -0.4 is 0 Å². The molecule has 2 N–H and O–H groups in total. The smallest absolute Gasteiger partial charge is 0.354 e. The second kappa shape index (κ2) is 5.26. The molecule has 1 fully saturated rings. The van der Waals surface area contributed by atoms with Crippen molar-refractivity contribution in [2.24, 2.45) is 5.92 Å². The number of β-lactam (4-membered cyclic amide) rings is 1. The van der Waals surface area contributed by atoms with Gasteiger partial charge in [0.1, 0.15) is 9.61 Å². The average molecular weight is 305 g/mol. The van der Waals surface area contributed by atoms with Crippen molar-refractivity contribution in [3.63, 3.8) is 0 Å². The van der Waals surface area contributed by atoms with Gasteiger partial charge in [0.05, 0.1) is 22.8 Å². The molecule has 106 valence electrons. The van der Waals surface area contributed by atoms with E-state index in [1.165, 1.54) is 6.92 Å². The highest BCUT2D eigenvalue weighted by Gasteiger charge is 2.58. The molecule has 1 saturated heterocycles. The fraction of sp³-hybridized carbons (Fsp3) is 0.636.